The van der Waals surface area contributed by atoms with Crippen molar-refractivity contribution in [3.8, 4) is 0 Å². The number of carbonyl (C=O) groups is 1. The van der Waals surface area contributed by atoms with Crippen LogP contribution < -0.4 is 10.2 Å². The third kappa shape index (κ3) is 3.98. The lowest BCUT2D eigenvalue weighted by Crippen LogP contribution is -2.41. The van der Waals surface area contributed by atoms with Gasteiger partial charge in [-0.15, -0.1) is 5.10 Å². The number of hydrogen-bond donors (Lipinski definition) is 1. The smallest absolute Gasteiger partial charge is 0.223 e. The Kier molecular flexibility index (Phi) is 5.51. The normalized spacial score (nSPS) is 15.0. The Morgan fingerprint density at radius 3 is 2.43 bits per heavy atom. The number of nitrogens with one attached hydrogen (secondary N) is 1. The van der Waals surface area contributed by atoms with Crippen LogP contribution in [0.4, 0.5) is 5.82 Å². The molecule has 0 unspecified atom stereocenters. The molecule has 0 atom stereocenters. The lowest BCUT2D eigenvalue weighted by molar-refractivity contribution is -0.125. The summed E-state index contributed by atoms with van der Waals surface area (Å²) in [6.45, 7) is 4.35. The molecule has 0 bridgehead atoms. The summed E-state index contributed by atoms with van der Waals surface area (Å²) in [7, 11) is 0. The first-order valence-electron chi connectivity index (χ1n) is 10.0. The summed E-state index contributed by atoms with van der Waals surface area (Å²) in [6.07, 6.45) is 2.57. The molecule has 0 aliphatic carbocycles. The number of amides is 1. The molecule has 0 spiro atoms. The molecule has 1 amide bonds. The Morgan fingerprint density at radius 2 is 1.68 bits per heavy atom. The average molecular weight is 374 g/mol. The van der Waals surface area contributed by atoms with E-state index < -0.39 is 0 Å². The van der Waals surface area contributed by atoms with Crippen LogP contribution in [-0.4, -0.2) is 35.7 Å². The van der Waals surface area contributed by atoms with E-state index in [1.54, 1.807) is 0 Å². The molecule has 2 heterocycles. The van der Waals surface area contributed by atoms with Gasteiger partial charge < -0.3 is 10.2 Å². The van der Waals surface area contributed by atoms with E-state index in [1.807, 2.05) is 37.3 Å². The Labute approximate surface area is 165 Å². The Bertz CT molecular complexity index is 949. The maximum absolute atomic E-state index is 12.5. The van der Waals surface area contributed by atoms with E-state index in [4.69, 9.17) is 0 Å². The van der Waals surface area contributed by atoms with Crippen molar-refractivity contribution in [3.05, 3.63) is 65.9 Å². The number of benzene rings is 2. The number of piperidine rings is 1. The molecule has 1 aromatic heterocycles. The second-order valence-electron chi connectivity index (χ2n) is 7.44. The maximum atomic E-state index is 12.5. The predicted octanol–water partition coefficient (Wildman–Crippen LogP) is 3.51. The fraction of sp³-hybridized carbons (Fsp3) is 0.348. The summed E-state index contributed by atoms with van der Waals surface area (Å²) >= 11 is 0. The van der Waals surface area contributed by atoms with Gasteiger partial charge >= 0.3 is 0 Å². The number of carbonyl (C=O) groups excluding carboxylic acids is 1. The number of anilines is 1. The van der Waals surface area contributed by atoms with E-state index in [9.17, 15) is 4.79 Å². The van der Waals surface area contributed by atoms with Crippen LogP contribution in [0.15, 0.2) is 54.6 Å². The Morgan fingerprint density at radius 1 is 1.00 bits per heavy atom. The minimum Gasteiger partial charge on any atom is -0.356 e. The molecule has 28 heavy (non-hydrogen) atoms. The van der Waals surface area contributed by atoms with Crippen LogP contribution in [0.3, 0.4) is 0 Å². The molecule has 5 nitrogen and oxygen atoms in total. The zero-order chi connectivity index (χ0) is 19.3. The second-order valence-corrected chi connectivity index (χ2v) is 7.44. The van der Waals surface area contributed by atoms with Crippen LogP contribution >= 0.6 is 0 Å². The van der Waals surface area contributed by atoms with Crippen LogP contribution in [0.1, 0.15) is 24.1 Å². The highest BCUT2D eigenvalue weighted by Gasteiger charge is 2.26. The molecule has 1 aliphatic rings. The van der Waals surface area contributed by atoms with Gasteiger partial charge in [0.25, 0.3) is 0 Å². The van der Waals surface area contributed by atoms with E-state index in [2.05, 4.69) is 44.7 Å². The molecule has 0 saturated carbocycles. The molecule has 3 aromatic rings. The van der Waals surface area contributed by atoms with Gasteiger partial charge in [0.05, 0.1) is 5.69 Å². The molecule has 1 fully saturated rings. The fourth-order valence-corrected chi connectivity index (χ4v) is 3.93. The third-order valence-electron chi connectivity index (χ3n) is 5.57. The highest BCUT2D eigenvalue weighted by molar-refractivity contribution is 5.93. The topological polar surface area (TPSA) is 58.1 Å². The van der Waals surface area contributed by atoms with Crippen LogP contribution in [0.2, 0.25) is 0 Å². The summed E-state index contributed by atoms with van der Waals surface area (Å²) in [5.41, 5.74) is 2.20. The van der Waals surface area contributed by atoms with Crippen molar-refractivity contribution in [3.63, 3.8) is 0 Å². The predicted molar refractivity (Wildman–Crippen MR) is 112 cm³/mol. The lowest BCUT2D eigenvalue weighted by atomic mass is 9.95. The molecule has 1 N–H and O–H groups in total. The molecule has 1 saturated heterocycles. The fourth-order valence-electron chi connectivity index (χ4n) is 3.93. The molecular formula is C23H26N4O. The molecule has 1 aliphatic heterocycles. The molecule has 0 radical (unpaired) electrons. The van der Waals surface area contributed by atoms with Crippen LogP contribution in [0.5, 0.6) is 0 Å². The largest absolute Gasteiger partial charge is 0.356 e. The van der Waals surface area contributed by atoms with Gasteiger partial charge in [0.15, 0.2) is 5.82 Å². The first-order valence-corrected chi connectivity index (χ1v) is 10.0. The van der Waals surface area contributed by atoms with E-state index in [0.717, 1.165) is 54.6 Å². The van der Waals surface area contributed by atoms with Gasteiger partial charge in [-0.3, -0.25) is 4.79 Å². The lowest BCUT2D eigenvalue weighted by Gasteiger charge is -2.32. The van der Waals surface area contributed by atoms with Gasteiger partial charge in [-0.05, 0) is 31.7 Å². The Balaban J connectivity index is 1.33. The summed E-state index contributed by atoms with van der Waals surface area (Å²) in [5, 5.41) is 14.2. The van der Waals surface area contributed by atoms with Crippen molar-refractivity contribution in [1.29, 1.82) is 0 Å². The Hall–Kier alpha value is -2.95. The van der Waals surface area contributed by atoms with Crippen LogP contribution in [-0.2, 0) is 11.2 Å². The van der Waals surface area contributed by atoms with Gasteiger partial charge in [-0.1, -0.05) is 54.6 Å². The minimum absolute atomic E-state index is 0.0803. The zero-order valence-corrected chi connectivity index (χ0v) is 16.3. The first-order chi connectivity index (χ1) is 13.7. The van der Waals surface area contributed by atoms with Crippen molar-refractivity contribution in [2.75, 3.05) is 24.5 Å². The van der Waals surface area contributed by atoms with Crippen molar-refractivity contribution in [2.45, 2.75) is 26.2 Å². The number of nitrogens with zero attached hydrogens (tertiary/aromatic N) is 3. The first kappa shape index (κ1) is 18.4. The van der Waals surface area contributed by atoms with E-state index in [-0.39, 0.29) is 11.8 Å². The molecule has 144 valence electrons. The van der Waals surface area contributed by atoms with Gasteiger partial charge in [0.2, 0.25) is 5.91 Å². The molecule has 4 rings (SSSR count). The van der Waals surface area contributed by atoms with Gasteiger partial charge in [-0.2, -0.15) is 5.10 Å². The third-order valence-corrected chi connectivity index (χ3v) is 5.57. The molecular weight excluding hydrogens is 348 g/mol. The summed E-state index contributed by atoms with van der Waals surface area (Å²) in [5.74, 6) is 1.19. The summed E-state index contributed by atoms with van der Waals surface area (Å²) in [4.78, 5) is 14.8. The van der Waals surface area contributed by atoms with Gasteiger partial charge in [0, 0.05) is 36.3 Å². The molecule has 5 heteroatoms. The van der Waals surface area contributed by atoms with Gasteiger partial charge in [-0.25, -0.2) is 0 Å². The van der Waals surface area contributed by atoms with Crippen molar-refractivity contribution in [1.82, 2.24) is 15.5 Å². The highest BCUT2D eigenvalue weighted by Crippen LogP contribution is 2.29. The van der Waals surface area contributed by atoms with E-state index in [1.165, 1.54) is 5.56 Å². The highest BCUT2D eigenvalue weighted by atomic mass is 16.1. The second kappa shape index (κ2) is 8.38. The molecule has 2 aromatic carbocycles. The van der Waals surface area contributed by atoms with E-state index in [0.29, 0.717) is 6.54 Å². The SMILES string of the molecule is Cc1nnc(N2CCC(C(=O)NCCc3ccccc3)CC2)c2ccccc12. The van der Waals surface area contributed by atoms with Crippen molar-refractivity contribution < 1.29 is 4.79 Å². The number of aryl methyl sites for hydroxylation is 1. The number of fused-ring (bicyclic) bond motifs is 1. The van der Waals surface area contributed by atoms with Crippen LogP contribution in [0.25, 0.3) is 10.8 Å². The van der Waals surface area contributed by atoms with Crippen LogP contribution in [0, 0.1) is 12.8 Å². The van der Waals surface area contributed by atoms with E-state index >= 15 is 0 Å². The maximum Gasteiger partial charge on any atom is 0.223 e. The zero-order valence-electron chi connectivity index (χ0n) is 16.3. The standard InChI is InChI=1S/C23H26N4O/c1-17-20-9-5-6-10-21(20)22(26-25-17)27-15-12-19(13-16-27)23(28)24-14-11-18-7-3-2-4-8-18/h2-10,19H,11-16H2,1H3,(H,24,28). The quantitative estimate of drug-likeness (QED) is 0.742. The van der Waals surface area contributed by atoms with Gasteiger partial charge in [0.1, 0.15) is 0 Å². The number of hydrogen-bond acceptors (Lipinski definition) is 4. The summed E-state index contributed by atoms with van der Waals surface area (Å²) in [6, 6.07) is 18.5. The van der Waals surface area contributed by atoms with Crippen molar-refractivity contribution >= 4 is 22.5 Å². The number of rotatable bonds is 5. The number of aromatic nitrogens is 2. The average Bonchev–Trinajstić information content (AvgIpc) is 2.75. The monoisotopic (exact) mass is 374 g/mol. The van der Waals surface area contributed by atoms with Crippen molar-refractivity contribution in [2.24, 2.45) is 5.92 Å². The summed E-state index contributed by atoms with van der Waals surface area (Å²) < 4.78 is 0. The minimum atomic E-state index is 0.0803.